The summed E-state index contributed by atoms with van der Waals surface area (Å²) in [6.07, 6.45) is 4.03. The molecule has 1 amide bonds. The van der Waals surface area contributed by atoms with Gasteiger partial charge in [-0.2, -0.15) is 0 Å². The first-order valence-electron chi connectivity index (χ1n) is 7.76. The minimum Gasteiger partial charge on any atom is -0.340 e. The highest BCUT2D eigenvalue weighted by Gasteiger charge is 2.29. The highest BCUT2D eigenvalue weighted by atomic mass is 16.2. The SMILES string of the molecule is CCCc1ccc(C(N)CN2CC(CC)CC2=O)cc1. The van der Waals surface area contributed by atoms with Crippen LogP contribution in [-0.2, 0) is 11.2 Å². The zero-order chi connectivity index (χ0) is 14.5. The van der Waals surface area contributed by atoms with Gasteiger partial charge >= 0.3 is 0 Å². The summed E-state index contributed by atoms with van der Waals surface area (Å²) < 4.78 is 0. The molecule has 110 valence electrons. The van der Waals surface area contributed by atoms with Crippen LogP contribution in [0.3, 0.4) is 0 Å². The fourth-order valence-electron chi connectivity index (χ4n) is 2.87. The van der Waals surface area contributed by atoms with Crippen LogP contribution in [0.25, 0.3) is 0 Å². The third kappa shape index (κ3) is 3.60. The molecule has 1 saturated heterocycles. The van der Waals surface area contributed by atoms with Gasteiger partial charge in [0.05, 0.1) is 0 Å². The monoisotopic (exact) mass is 274 g/mol. The molecule has 2 unspecified atom stereocenters. The van der Waals surface area contributed by atoms with Crippen LogP contribution in [0.5, 0.6) is 0 Å². The van der Waals surface area contributed by atoms with Crippen molar-refractivity contribution in [1.82, 2.24) is 4.90 Å². The van der Waals surface area contributed by atoms with Crippen molar-refractivity contribution in [3.8, 4) is 0 Å². The number of carbonyl (C=O) groups excluding carboxylic acids is 1. The van der Waals surface area contributed by atoms with Crippen LogP contribution in [0.2, 0.25) is 0 Å². The molecule has 1 aliphatic rings. The first kappa shape index (κ1) is 15.0. The molecule has 1 fully saturated rings. The van der Waals surface area contributed by atoms with E-state index in [0.717, 1.165) is 31.4 Å². The molecule has 3 nitrogen and oxygen atoms in total. The minimum atomic E-state index is -0.0785. The van der Waals surface area contributed by atoms with Gasteiger partial charge < -0.3 is 10.6 Å². The number of nitrogens with two attached hydrogens (primary N) is 1. The Bertz CT molecular complexity index is 441. The van der Waals surface area contributed by atoms with E-state index in [-0.39, 0.29) is 11.9 Å². The number of hydrogen-bond donors (Lipinski definition) is 1. The fraction of sp³-hybridized carbons (Fsp3) is 0.588. The van der Waals surface area contributed by atoms with Gasteiger partial charge in [-0.05, 0) is 23.5 Å². The first-order chi connectivity index (χ1) is 9.63. The molecule has 1 heterocycles. The average Bonchev–Trinajstić information content (AvgIpc) is 2.80. The molecule has 0 saturated carbocycles. The van der Waals surface area contributed by atoms with Gasteiger partial charge in [-0.1, -0.05) is 51.0 Å². The summed E-state index contributed by atoms with van der Waals surface area (Å²) in [6, 6.07) is 8.44. The third-order valence-corrected chi connectivity index (χ3v) is 4.24. The summed E-state index contributed by atoms with van der Waals surface area (Å²) in [5.41, 5.74) is 8.73. The van der Waals surface area contributed by atoms with Crippen molar-refractivity contribution in [3.63, 3.8) is 0 Å². The average molecular weight is 274 g/mol. The smallest absolute Gasteiger partial charge is 0.222 e. The molecule has 1 aromatic rings. The highest BCUT2D eigenvalue weighted by Crippen LogP contribution is 2.23. The second-order valence-corrected chi connectivity index (χ2v) is 5.88. The van der Waals surface area contributed by atoms with E-state index in [0.29, 0.717) is 18.9 Å². The molecule has 2 atom stereocenters. The predicted molar refractivity (Wildman–Crippen MR) is 82.3 cm³/mol. The van der Waals surface area contributed by atoms with E-state index in [4.69, 9.17) is 5.73 Å². The number of amides is 1. The summed E-state index contributed by atoms with van der Waals surface area (Å²) in [5, 5.41) is 0. The lowest BCUT2D eigenvalue weighted by Gasteiger charge is -2.21. The van der Waals surface area contributed by atoms with Crippen molar-refractivity contribution in [3.05, 3.63) is 35.4 Å². The lowest BCUT2D eigenvalue weighted by Crippen LogP contribution is -2.33. The van der Waals surface area contributed by atoms with Crippen LogP contribution >= 0.6 is 0 Å². The molecule has 3 heteroatoms. The molecule has 0 radical (unpaired) electrons. The number of carbonyl (C=O) groups is 1. The third-order valence-electron chi connectivity index (χ3n) is 4.24. The quantitative estimate of drug-likeness (QED) is 0.867. The molecule has 0 aliphatic carbocycles. The molecule has 2 rings (SSSR count). The van der Waals surface area contributed by atoms with Gasteiger partial charge in [0, 0.05) is 25.6 Å². The second kappa shape index (κ2) is 6.89. The van der Waals surface area contributed by atoms with Crippen molar-refractivity contribution in [2.24, 2.45) is 11.7 Å². The zero-order valence-corrected chi connectivity index (χ0v) is 12.6. The molecule has 2 N–H and O–H groups in total. The van der Waals surface area contributed by atoms with Crippen molar-refractivity contribution in [2.75, 3.05) is 13.1 Å². The van der Waals surface area contributed by atoms with Gasteiger partial charge in [0.2, 0.25) is 5.91 Å². The van der Waals surface area contributed by atoms with E-state index in [9.17, 15) is 4.79 Å². The van der Waals surface area contributed by atoms with Gasteiger partial charge in [0.1, 0.15) is 0 Å². The Morgan fingerprint density at radius 3 is 2.55 bits per heavy atom. The number of aryl methyl sites for hydroxylation is 1. The van der Waals surface area contributed by atoms with E-state index in [2.05, 4.69) is 38.1 Å². The molecule has 0 bridgehead atoms. The lowest BCUT2D eigenvalue weighted by molar-refractivity contribution is -0.127. The Labute approximate surface area is 122 Å². The van der Waals surface area contributed by atoms with E-state index in [1.807, 2.05) is 4.90 Å². The van der Waals surface area contributed by atoms with Crippen molar-refractivity contribution >= 4 is 5.91 Å². The van der Waals surface area contributed by atoms with Gasteiger partial charge in [-0.3, -0.25) is 4.79 Å². The maximum atomic E-state index is 11.9. The van der Waals surface area contributed by atoms with Crippen LogP contribution in [-0.4, -0.2) is 23.9 Å². The summed E-state index contributed by atoms with van der Waals surface area (Å²) >= 11 is 0. The van der Waals surface area contributed by atoms with Crippen LogP contribution in [0, 0.1) is 5.92 Å². The molecule has 0 spiro atoms. The molecule has 20 heavy (non-hydrogen) atoms. The van der Waals surface area contributed by atoms with E-state index >= 15 is 0 Å². The highest BCUT2D eigenvalue weighted by molar-refractivity contribution is 5.78. The summed E-state index contributed by atoms with van der Waals surface area (Å²) in [7, 11) is 0. The van der Waals surface area contributed by atoms with Gasteiger partial charge in [-0.15, -0.1) is 0 Å². The Morgan fingerprint density at radius 2 is 2.00 bits per heavy atom. The summed E-state index contributed by atoms with van der Waals surface area (Å²) in [6.45, 7) is 5.84. The van der Waals surface area contributed by atoms with Gasteiger partial charge in [-0.25, -0.2) is 0 Å². The standard InChI is InChI=1S/C17H26N2O/c1-3-5-14-6-8-15(9-7-14)16(18)12-19-11-13(4-2)10-17(19)20/h6-9,13,16H,3-5,10-12,18H2,1-2H3. The molecule has 1 aromatic carbocycles. The Hall–Kier alpha value is -1.35. The topological polar surface area (TPSA) is 46.3 Å². The largest absolute Gasteiger partial charge is 0.340 e. The molecular formula is C17H26N2O. The van der Waals surface area contributed by atoms with Crippen LogP contribution in [0.1, 0.15) is 50.3 Å². The van der Waals surface area contributed by atoms with Crippen molar-refractivity contribution in [1.29, 1.82) is 0 Å². The van der Waals surface area contributed by atoms with Crippen LogP contribution in [0.15, 0.2) is 24.3 Å². The van der Waals surface area contributed by atoms with Crippen LogP contribution < -0.4 is 5.73 Å². The van der Waals surface area contributed by atoms with Crippen molar-refractivity contribution < 1.29 is 4.79 Å². The number of nitrogens with zero attached hydrogens (tertiary/aromatic N) is 1. The van der Waals surface area contributed by atoms with Gasteiger partial charge in [0.15, 0.2) is 0 Å². The molecule has 1 aliphatic heterocycles. The first-order valence-corrected chi connectivity index (χ1v) is 7.76. The molecule has 0 aromatic heterocycles. The second-order valence-electron chi connectivity index (χ2n) is 5.88. The Kier molecular flexibility index (Phi) is 5.18. The van der Waals surface area contributed by atoms with E-state index in [1.54, 1.807) is 0 Å². The summed E-state index contributed by atoms with van der Waals surface area (Å²) in [4.78, 5) is 13.8. The van der Waals surface area contributed by atoms with Crippen LogP contribution in [0.4, 0.5) is 0 Å². The maximum absolute atomic E-state index is 11.9. The zero-order valence-electron chi connectivity index (χ0n) is 12.6. The minimum absolute atomic E-state index is 0.0785. The number of hydrogen-bond acceptors (Lipinski definition) is 2. The predicted octanol–water partition coefficient (Wildman–Crippen LogP) is 2.90. The Morgan fingerprint density at radius 1 is 1.30 bits per heavy atom. The normalized spacial score (nSPS) is 20.4. The lowest BCUT2D eigenvalue weighted by atomic mass is 10.0. The number of rotatable bonds is 6. The number of likely N-dealkylation sites (tertiary alicyclic amines) is 1. The van der Waals surface area contributed by atoms with Gasteiger partial charge in [0.25, 0.3) is 0 Å². The summed E-state index contributed by atoms with van der Waals surface area (Å²) in [5.74, 6) is 0.775. The van der Waals surface area contributed by atoms with E-state index in [1.165, 1.54) is 5.56 Å². The van der Waals surface area contributed by atoms with E-state index < -0.39 is 0 Å². The maximum Gasteiger partial charge on any atom is 0.222 e. The number of benzene rings is 1. The Balaban J connectivity index is 1.94. The van der Waals surface area contributed by atoms with Crippen molar-refractivity contribution in [2.45, 2.75) is 45.6 Å². The fourth-order valence-corrected chi connectivity index (χ4v) is 2.87. The molecular weight excluding hydrogens is 248 g/mol.